The number of hydrogen-bond donors (Lipinski definition) is 1. The molecule has 72 valence electrons. The minimum atomic E-state index is -0.234. The minimum absolute atomic E-state index is 0. The van der Waals surface area contributed by atoms with Crippen molar-refractivity contribution in [3.05, 3.63) is 11.1 Å². The number of halogens is 1. The number of hydrogen-bond acceptors (Lipinski definition) is 2. The zero-order chi connectivity index (χ0) is 8.85. The Morgan fingerprint density at radius 2 is 1.92 bits per heavy atom. The number of rotatable bonds is 3. The van der Waals surface area contributed by atoms with Gasteiger partial charge in [0.25, 0.3) is 0 Å². The molecule has 0 aliphatic heterocycles. The van der Waals surface area contributed by atoms with Crippen molar-refractivity contribution < 1.29 is 27.7 Å². The predicted molar refractivity (Wildman–Crippen MR) is 42.5 cm³/mol. The molecular weight excluding hydrogens is 178 g/mol. The third kappa shape index (κ3) is 4.36. The van der Waals surface area contributed by atoms with Gasteiger partial charge in [0.1, 0.15) is 0 Å². The normalized spacial score (nSPS) is 8.33. The van der Waals surface area contributed by atoms with Crippen molar-refractivity contribution in [1.82, 2.24) is 0 Å². The molecule has 12 heavy (non-hydrogen) atoms. The Balaban J connectivity index is 0. The van der Waals surface area contributed by atoms with Crippen LogP contribution in [0.25, 0.3) is 0 Å². The number of ether oxygens (including phenoxy) is 1. The summed E-state index contributed by atoms with van der Waals surface area (Å²) in [5.74, 6) is -0.234. The van der Waals surface area contributed by atoms with E-state index in [1.165, 1.54) is 0 Å². The van der Waals surface area contributed by atoms with Crippen LogP contribution < -0.4 is 18.1 Å². The van der Waals surface area contributed by atoms with Crippen LogP contribution in [0, 0.1) is 0 Å². The summed E-state index contributed by atoms with van der Waals surface area (Å²) < 4.78 is 4.75. The molecule has 3 nitrogen and oxygen atoms in total. The Bertz CT molecular complexity index is 174. The molecule has 0 fully saturated rings. The zero-order valence-corrected chi connectivity index (χ0v) is 8.57. The van der Waals surface area contributed by atoms with Gasteiger partial charge in [-0.1, -0.05) is 12.5 Å². The quantitative estimate of drug-likeness (QED) is 0.306. The lowest BCUT2D eigenvalue weighted by molar-refractivity contribution is -0.420. The number of allylic oxidation sites excluding steroid dienone is 1. The lowest BCUT2D eigenvalue weighted by Gasteiger charge is -2.04. The summed E-state index contributed by atoms with van der Waals surface area (Å²) in [6, 6.07) is 0. The molecule has 0 aromatic rings. The summed E-state index contributed by atoms with van der Waals surface area (Å²) >= 11 is 0. The Kier molecular flexibility index (Phi) is 8.32. The van der Waals surface area contributed by atoms with Crippen molar-refractivity contribution in [1.29, 1.82) is 0 Å². The van der Waals surface area contributed by atoms with Crippen molar-refractivity contribution >= 4 is 5.97 Å². The van der Waals surface area contributed by atoms with Gasteiger partial charge in [-0.15, -0.1) is 0 Å². The van der Waals surface area contributed by atoms with Gasteiger partial charge in [0.15, 0.2) is 0 Å². The lowest BCUT2D eigenvalue weighted by Crippen LogP contribution is -3.00. The van der Waals surface area contributed by atoms with Crippen molar-refractivity contribution in [2.45, 2.75) is 27.2 Å². The van der Waals surface area contributed by atoms with Crippen LogP contribution in [0.15, 0.2) is 11.1 Å². The van der Waals surface area contributed by atoms with Gasteiger partial charge >= 0.3 is 5.97 Å². The zero-order valence-electron chi connectivity index (χ0n) is 7.82. The number of quaternary nitrogens is 1. The fraction of sp³-hybridized carbons (Fsp3) is 0.625. The highest BCUT2D eigenvalue weighted by Gasteiger charge is 2.09. The van der Waals surface area contributed by atoms with Gasteiger partial charge in [-0.05, 0) is 20.3 Å². The highest BCUT2D eigenvalue weighted by molar-refractivity contribution is 5.88. The predicted octanol–water partition coefficient (Wildman–Crippen LogP) is -2.52. The maximum atomic E-state index is 11.1. The van der Waals surface area contributed by atoms with Crippen molar-refractivity contribution in [2.24, 2.45) is 0 Å². The van der Waals surface area contributed by atoms with Gasteiger partial charge in [-0.25, -0.2) is 4.79 Å². The van der Waals surface area contributed by atoms with Crippen LogP contribution >= 0.6 is 0 Å². The lowest BCUT2D eigenvalue weighted by atomic mass is 10.1. The number of carbonyl (C=O) groups excluding carboxylic acids is 1. The molecule has 0 bridgehead atoms. The van der Waals surface area contributed by atoms with Crippen LogP contribution in [0.4, 0.5) is 0 Å². The molecule has 0 amide bonds. The maximum absolute atomic E-state index is 11.1. The first-order valence-corrected chi connectivity index (χ1v) is 3.76. The fourth-order valence-electron chi connectivity index (χ4n) is 0.882. The number of esters is 1. The van der Waals surface area contributed by atoms with Crippen molar-refractivity contribution in [3.8, 4) is 0 Å². The maximum Gasteiger partial charge on any atom is 0.338 e. The SMILES string of the molecule is CCC(C(=O)OC[NH3+])=C(C)C.[Cl-]. The van der Waals surface area contributed by atoms with Gasteiger partial charge < -0.3 is 22.9 Å². The van der Waals surface area contributed by atoms with E-state index in [9.17, 15) is 4.79 Å². The molecule has 0 aliphatic rings. The van der Waals surface area contributed by atoms with E-state index in [0.29, 0.717) is 0 Å². The summed E-state index contributed by atoms with van der Waals surface area (Å²) in [4.78, 5) is 11.1. The molecule has 0 unspecified atom stereocenters. The Morgan fingerprint density at radius 3 is 2.17 bits per heavy atom. The molecule has 0 atom stereocenters. The molecule has 0 aromatic carbocycles. The highest BCUT2D eigenvalue weighted by Crippen LogP contribution is 2.08. The largest absolute Gasteiger partial charge is 1.00 e. The summed E-state index contributed by atoms with van der Waals surface area (Å²) in [6.45, 7) is 5.95. The molecule has 0 saturated carbocycles. The van der Waals surface area contributed by atoms with Crippen molar-refractivity contribution in [3.63, 3.8) is 0 Å². The molecular formula is C8H16ClNO2. The minimum Gasteiger partial charge on any atom is -1.00 e. The van der Waals surface area contributed by atoms with E-state index in [1.807, 2.05) is 20.8 Å². The summed E-state index contributed by atoms with van der Waals surface area (Å²) in [5, 5.41) is 0. The molecule has 0 saturated heterocycles. The van der Waals surface area contributed by atoms with E-state index in [4.69, 9.17) is 4.74 Å². The third-order valence-corrected chi connectivity index (χ3v) is 1.44. The summed E-state index contributed by atoms with van der Waals surface area (Å²) in [7, 11) is 0. The second kappa shape index (κ2) is 7.13. The molecule has 3 N–H and O–H groups in total. The first kappa shape index (κ1) is 14.0. The average Bonchev–Trinajstić information content (AvgIpc) is 1.88. The van der Waals surface area contributed by atoms with E-state index >= 15 is 0 Å². The fourth-order valence-corrected chi connectivity index (χ4v) is 0.882. The third-order valence-electron chi connectivity index (χ3n) is 1.44. The average molecular weight is 194 g/mol. The Morgan fingerprint density at radius 1 is 1.42 bits per heavy atom. The van der Waals surface area contributed by atoms with E-state index in [1.54, 1.807) is 0 Å². The van der Waals surface area contributed by atoms with Crippen molar-refractivity contribution in [2.75, 3.05) is 6.73 Å². The van der Waals surface area contributed by atoms with E-state index < -0.39 is 0 Å². The Labute approximate surface area is 79.4 Å². The summed E-state index contributed by atoms with van der Waals surface area (Å²) in [6.07, 6.45) is 0.723. The summed E-state index contributed by atoms with van der Waals surface area (Å²) in [5.41, 5.74) is 5.21. The van der Waals surface area contributed by atoms with Crippen LogP contribution in [0.3, 0.4) is 0 Å². The van der Waals surface area contributed by atoms with Crippen LogP contribution in [-0.2, 0) is 9.53 Å². The van der Waals surface area contributed by atoms with Crippen LogP contribution in [-0.4, -0.2) is 12.7 Å². The Hall–Kier alpha value is -0.540. The van der Waals surface area contributed by atoms with Gasteiger partial charge in [0.05, 0.1) is 0 Å². The first-order chi connectivity index (χ1) is 5.13. The molecule has 0 aromatic heterocycles. The van der Waals surface area contributed by atoms with E-state index in [-0.39, 0.29) is 25.1 Å². The standard InChI is InChI=1S/C8H15NO2.ClH/c1-4-7(6(2)3)8(10)11-5-9;/h4-5,9H2,1-3H3;1H. The second-order valence-corrected chi connectivity index (χ2v) is 2.47. The van der Waals surface area contributed by atoms with E-state index in [0.717, 1.165) is 17.6 Å². The molecule has 0 aliphatic carbocycles. The van der Waals surface area contributed by atoms with Gasteiger partial charge in [-0.2, -0.15) is 0 Å². The first-order valence-electron chi connectivity index (χ1n) is 3.76. The van der Waals surface area contributed by atoms with E-state index in [2.05, 4.69) is 5.73 Å². The molecule has 0 heterocycles. The van der Waals surface area contributed by atoms with Gasteiger partial charge in [0.2, 0.25) is 6.73 Å². The van der Waals surface area contributed by atoms with Gasteiger partial charge in [-0.3, -0.25) is 0 Å². The monoisotopic (exact) mass is 193 g/mol. The van der Waals surface area contributed by atoms with Gasteiger partial charge in [0, 0.05) is 5.57 Å². The smallest absolute Gasteiger partial charge is 0.338 e. The van der Waals surface area contributed by atoms with Crippen LogP contribution in [0.2, 0.25) is 0 Å². The molecule has 0 radical (unpaired) electrons. The van der Waals surface area contributed by atoms with Crippen LogP contribution in [0.5, 0.6) is 0 Å². The topological polar surface area (TPSA) is 53.9 Å². The highest BCUT2D eigenvalue weighted by atomic mass is 35.5. The molecule has 0 spiro atoms. The van der Waals surface area contributed by atoms with Crippen LogP contribution in [0.1, 0.15) is 27.2 Å². The second-order valence-electron chi connectivity index (χ2n) is 2.47. The number of carbonyl (C=O) groups is 1. The molecule has 0 rings (SSSR count). The molecule has 4 heteroatoms.